The van der Waals surface area contributed by atoms with Crippen molar-refractivity contribution in [1.29, 1.82) is 0 Å². The van der Waals surface area contributed by atoms with Crippen LogP contribution in [-0.2, 0) is 12.1 Å². The first-order valence-electron chi connectivity index (χ1n) is 6.94. The number of benzene rings is 1. The molecule has 3 aliphatic heterocycles. The van der Waals surface area contributed by atoms with E-state index in [9.17, 15) is 0 Å². The molecule has 3 heteroatoms. The molecule has 4 rings (SSSR count). The lowest BCUT2D eigenvalue weighted by Gasteiger charge is -2.35. The van der Waals surface area contributed by atoms with Gasteiger partial charge in [0, 0.05) is 31.3 Å². The normalized spacial score (nSPS) is 37.4. The lowest BCUT2D eigenvalue weighted by Crippen LogP contribution is -2.44. The fourth-order valence-electron chi connectivity index (χ4n) is 3.79. The SMILES string of the molecule is FC1(c2ccc3c(c2)CCO3)CC2CCC(C1)N2. The van der Waals surface area contributed by atoms with Gasteiger partial charge in [0.05, 0.1) is 6.61 Å². The van der Waals surface area contributed by atoms with Crippen molar-refractivity contribution in [3.05, 3.63) is 29.3 Å². The van der Waals surface area contributed by atoms with Gasteiger partial charge in [-0.15, -0.1) is 0 Å². The standard InChI is InChI=1S/C15H18FNO/c16-15(8-12-2-3-13(9-15)17-12)11-1-4-14-10(7-11)5-6-18-14/h1,4,7,12-13,17H,2-3,5-6,8-9H2. The molecule has 2 saturated heterocycles. The maximum Gasteiger partial charge on any atom is 0.139 e. The maximum atomic E-state index is 15.2. The number of fused-ring (bicyclic) bond motifs is 3. The zero-order valence-corrected chi connectivity index (χ0v) is 10.4. The Hall–Kier alpha value is -1.09. The minimum absolute atomic E-state index is 0.373. The highest BCUT2D eigenvalue weighted by atomic mass is 19.1. The van der Waals surface area contributed by atoms with Crippen molar-refractivity contribution in [1.82, 2.24) is 5.32 Å². The van der Waals surface area contributed by atoms with Crippen molar-refractivity contribution < 1.29 is 9.13 Å². The molecule has 96 valence electrons. The summed E-state index contributed by atoms with van der Waals surface area (Å²) in [6, 6.07) is 6.65. The van der Waals surface area contributed by atoms with E-state index in [2.05, 4.69) is 5.32 Å². The maximum absolute atomic E-state index is 15.2. The number of hydrogen-bond donors (Lipinski definition) is 1. The highest BCUT2D eigenvalue weighted by molar-refractivity contribution is 5.42. The monoisotopic (exact) mass is 247 g/mol. The molecule has 2 unspecified atom stereocenters. The molecule has 3 aliphatic rings. The topological polar surface area (TPSA) is 21.3 Å². The summed E-state index contributed by atoms with van der Waals surface area (Å²) in [7, 11) is 0. The number of ether oxygens (including phenoxy) is 1. The van der Waals surface area contributed by atoms with E-state index in [1.807, 2.05) is 18.2 Å². The van der Waals surface area contributed by atoms with Gasteiger partial charge in [0.15, 0.2) is 0 Å². The number of piperidine rings is 1. The van der Waals surface area contributed by atoms with Crippen molar-refractivity contribution in [2.24, 2.45) is 0 Å². The van der Waals surface area contributed by atoms with Crippen molar-refractivity contribution >= 4 is 0 Å². The first-order valence-corrected chi connectivity index (χ1v) is 6.94. The van der Waals surface area contributed by atoms with Gasteiger partial charge < -0.3 is 10.1 Å². The van der Waals surface area contributed by atoms with Gasteiger partial charge in [0.1, 0.15) is 11.4 Å². The molecular weight excluding hydrogens is 229 g/mol. The molecule has 2 bridgehead atoms. The first kappa shape index (κ1) is 10.8. The quantitative estimate of drug-likeness (QED) is 0.824. The van der Waals surface area contributed by atoms with Gasteiger partial charge in [-0.3, -0.25) is 0 Å². The minimum atomic E-state index is -1.13. The van der Waals surface area contributed by atoms with Crippen LogP contribution in [0.3, 0.4) is 0 Å². The van der Waals surface area contributed by atoms with E-state index < -0.39 is 5.67 Å². The summed E-state index contributed by atoms with van der Waals surface area (Å²) in [6.45, 7) is 0.741. The van der Waals surface area contributed by atoms with Crippen LogP contribution in [0, 0.1) is 0 Å². The highest BCUT2D eigenvalue weighted by Crippen LogP contribution is 2.45. The molecule has 2 fully saturated rings. The molecule has 0 saturated carbocycles. The summed E-state index contributed by atoms with van der Waals surface area (Å²) >= 11 is 0. The lowest BCUT2D eigenvalue weighted by molar-refractivity contribution is 0.0873. The van der Waals surface area contributed by atoms with Gasteiger partial charge in [0.25, 0.3) is 0 Å². The zero-order chi connectivity index (χ0) is 12.2. The Labute approximate surface area is 107 Å². The molecular formula is C15H18FNO. The zero-order valence-electron chi connectivity index (χ0n) is 10.4. The van der Waals surface area contributed by atoms with Crippen molar-refractivity contribution in [3.63, 3.8) is 0 Å². The molecule has 1 aromatic rings. The van der Waals surface area contributed by atoms with E-state index in [-0.39, 0.29) is 0 Å². The molecule has 3 heterocycles. The van der Waals surface area contributed by atoms with Gasteiger partial charge in [-0.25, -0.2) is 4.39 Å². The predicted molar refractivity (Wildman–Crippen MR) is 67.6 cm³/mol. The van der Waals surface area contributed by atoms with E-state index in [0.717, 1.165) is 37.2 Å². The molecule has 2 atom stereocenters. The second kappa shape index (κ2) is 3.70. The van der Waals surface area contributed by atoms with Gasteiger partial charge in [-0.1, -0.05) is 6.07 Å². The van der Waals surface area contributed by atoms with Crippen LogP contribution < -0.4 is 10.1 Å². The van der Waals surface area contributed by atoms with Gasteiger partial charge >= 0.3 is 0 Å². The molecule has 1 aromatic carbocycles. The van der Waals surface area contributed by atoms with E-state index >= 15 is 4.39 Å². The molecule has 0 amide bonds. The summed E-state index contributed by atoms with van der Waals surface area (Å²) in [5.41, 5.74) is 0.912. The summed E-state index contributed by atoms with van der Waals surface area (Å²) in [5, 5.41) is 3.50. The van der Waals surface area contributed by atoms with Crippen LogP contribution in [0.4, 0.5) is 4.39 Å². The van der Waals surface area contributed by atoms with Crippen LogP contribution in [0.1, 0.15) is 36.8 Å². The smallest absolute Gasteiger partial charge is 0.139 e. The molecule has 2 nitrogen and oxygen atoms in total. The van der Waals surface area contributed by atoms with Gasteiger partial charge in [-0.2, -0.15) is 0 Å². The number of rotatable bonds is 1. The van der Waals surface area contributed by atoms with E-state index in [0.29, 0.717) is 24.9 Å². The van der Waals surface area contributed by atoms with Crippen LogP contribution in [0.5, 0.6) is 5.75 Å². The van der Waals surface area contributed by atoms with Crippen LogP contribution in [0.25, 0.3) is 0 Å². The minimum Gasteiger partial charge on any atom is -0.493 e. The average Bonchev–Trinajstić information content (AvgIpc) is 2.95. The van der Waals surface area contributed by atoms with Crippen molar-refractivity contribution in [3.8, 4) is 5.75 Å². The number of nitrogens with one attached hydrogen (secondary N) is 1. The summed E-state index contributed by atoms with van der Waals surface area (Å²) < 4.78 is 20.7. The first-order chi connectivity index (χ1) is 8.73. The highest BCUT2D eigenvalue weighted by Gasteiger charge is 2.45. The summed E-state index contributed by atoms with van der Waals surface area (Å²) in [4.78, 5) is 0. The second-order valence-electron chi connectivity index (χ2n) is 5.93. The number of halogens is 1. The summed E-state index contributed by atoms with van der Waals surface area (Å²) in [6.07, 6.45) is 4.44. The Kier molecular flexibility index (Phi) is 2.22. The third-order valence-electron chi connectivity index (χ3n) is 4.68. The Balaban J connectivity index is 1.69. The fourth-order valence-corrected chi connectivity index (χ4v) is 3.79. The summed E-state index contributed by atoms with van der Waals surface area (Å²) in [5.74, 6) is 0.944. The Bertz CT molecular complexity index is 475. The van der Waals surface area contributed by atoms with Crippen LogP contribution in [0.15, 0.2) is 18.2 Å². The fraction of sp³-hybridized carbons (Fsp3) is 0.600. The third-order valence-corrected chi connectivity index (χ3v) is 4.68. The van der Waals surface area contributed by atoms with Gasteiger partial charge in [0.2, 0.25) is 0 Å². The number of alkyl halides is 1. The van der Waals surface area contributed by atoms with Crippen LogP contribution >= 0.6 is 0 Å². The average molecular weight is 247 g/mol. The lowest BCUT2D eigenvalue weighted by atomic mass is 9.82. The third kappa shape index (κ3) is 1.57. The van der Waals surface area contributed by atoms with Gasteiger partial charge in [-0.05, 0) is 36.1 Å². The Morgan fingerprint density at radius 2 is 2.00 bits per heavy atom. The second-order valence-corrected chi connectivity index (χ2v) is 5.93. The van der Waals surface area contributed by atoms with Crippen molar-refractivity contribution in [2.75, 3.05) is 6.61 Å². The molecule has 0 aromatic heterocycles. The Morgan fingerprint density at radius 1 is 1.22 bits per heavy atom. The van der Waals surface area contributed by atoms with E-state index in [1.54, 1.807) is 0 Å². The molecule has 1 N–H and O–H groups in total. The van der Waals surface area contributed by atoms with Crippen molar-refractivity contribution in [2.45, 2.75) is 49.9 Å². The predicted octanol–water partition coefficient (Wildman–Crippen LogP) is 2.70. The van der Waals surface area contributed by atoms with E-state index in [4.69, 9.17) is 4.74 Å². The van der Waals surface area contributed by atoms with Crippen LogP contribution in [0.2, 0.25) is 0 Å². The largest absolute Gasteiger partial charge is 0.493 e. The number of hydrogen-bond acceptors (Lipinski definition) is 2. The Morgan fingerprint density at radius 3 is 2.78 bits per heavy atom. The molecule has 0 aliphatic carbocycles. The van der Waals surface area contributed by atoms with E-state index in [1.165, 1.54) is 5.56 Å². The molecule has 0 radical (unpaired) electrons. The van der Waals surface area contributed by atoms with Crippen LogP contribution in [-0.4, -0.2) is 18.7 Å². The molecule has 0 spiro atoms. The molecule has 18 heavy (non-hydrogen) atoms.